The van der Waals surface area contributed by atoms with E-state index in [1.54, 1.807) is 4.68 Å². The Labute approximate surface area is 90.1 Å². The van der Waals surface area contributed by atoms with Gasteiger partial charge in [0.05, 0.1) is 23.4 Å². The highest BCUT2D eigenvalue weighted by molar-refractivity contribution is 5.65. The van der Waals surface area contributed by atoms with Crippen LogP contribution in [-0.4, -0.2) is 23.4 Å². The molecule has 0 saturated heterocycles. The maximum absolute atomic E-state index is 8.74. The van der Waals surface area contributed by atoms with Crippen LogP contribution < -0.4 is 10.6 Å². The summed E-state index contributed by atoms with van der Waals surface area (Å²) in [6.07, 6.45) is 0. The molecule has 82 valence electrons. The first kappa shape index (κ1) is 11.4. The number of anilines is 2. The van der Waals surface area contributed by atoms with E-state index in [2.05, 4.69) is 11.2 Å². The number of aromatic nitrogens is 2. The maximum Gasteiger partial charge on any atom is 0.150 e. The fraction of sp³-hybridized carbons (Fsp3) is 0.600. The molecule has 0 aromatic carbocycles. The zero-order chi connectivity index (χ0) is 11.6. The van der Waals surface area contributed by atoms with Crippen LogP contribution in [0.15, 0.2) is 0 Å². The van der Waals surface area contributed by atoms with Gasteiger partial charge in [0, 0.05) is 20.6 Å². The van der Waals surface area contributed by atoms with Crippen LogP contribution in [-0.2, 0) is 7.05 Å². The molecule has 2 N–H and O–H groups in total. The van der Waals surface area contributed by atoms with Crippen LogP contribution in [0.25, 0.3) is 0 Å². The third-order valence-electron chi connectivity index (χ3n) is 2.37. The van der Waals surface area contributed by atoms with Crippen molar-refractivity contribution in [2.45, 2.75) is 13.8 Å². The first-order valence-electron chi connectivity index (χ1n) is 4.87. The molecule has 1 aromatic rings. The third-order valence-corrected chi connectivity index (χ3v) is 2.37. The van der Waals surface area contributed by atoms with Crippen LogP contribution in [0.1, 0.15) is 12.6 Å². The topological polar surface area (TPSA) is 70.9 Å². The van der Waals surface area contributed by atoms with Crippen LogP contribution in [0.2, 0.25) is 0 Å². The number of nitriles is 1. The standard InChI is InChI=1S/C10H17N5/c1-7(5-11)6-14(3)10-9(12)8(2)13-15(10)4/h7H,6,12H2,1-4H3. The summed E-state index contributed by atoms with van der Waals surface area (Å²) in [5.74, 6) is 0.846. The van der Waals surface area contributed by atoms with Gasteiger partial charge in [-0.1, -0.05) is 0 Å². The second kappa shape index (κ2) is 4.22. The van der Waals surface area contributed by atoms with E-state index in [4.69, 9.17) is 11.0 Å². The minimum Gasteiger partial charge on any atom is -0.394 e. The largest absolute Gasteiger partial charge is 0.394 e. The lowest BCUT2D eigenvalue weighted by Gasteiger charge is -2.20. The fourth-order valence-corrected chi connectivity index (χ4v) is 1.65. The fourth-order valence-electron chi connectivity index (χ4n) is 1.65. The summed E-state index contributed by atoms with van der Waals surface area (Å²) in [6.45, 7) is 4.41. The molecule has 0 amide bonds. The maximum atomic E-state index is 8.74. The molecule has 0 aliphatic heterocycles. The second-order valence-electron chi connectivity index (χ2n) is 3.86. The van der Waals surface area contributed by atoms with Gasteiger partial charge in [-0.2, -0.15) is 10.4 Å². The lowest BCUT2D eigenvalue weighted by molar-refractivity contribution is 0.675. The minimum absolute atomic E-state index is 0.0235. The molecule has 1 rings (SSSR count). The predicted octanol–water partition coefficient (Wildman–Crippen LogP) is 0.907. The molecule has 1 atom stereocenters. The van der Waals surface area contributed by atoms with Gasteiger partial charge in [-0.3, -0.25) is 4.68 Å². The van der Waals surface area contributed by atoms with Gasteiger partial charge in [0.1, 0.15) is 5.82 Å². The van der Waals surface area contributed by atoms with Crippen molar-refractivity contribution in [2.75, 3.05) is 24.2 Å². The SMILES string of the molecule is Cc1nn(C)c(N(C)CC(C)C#N)c1N. The molecular formula is C10H17N5. The van der Waals surface area contributed by atoms with E-state index in [0.717, 1.165) is 11.5 Å². The zero-order valence-corrected chi connectivity index (χ0v) is 9.65. The Morgan fingerprint density at radius 2 is 2.27 bits per heavy atom. The zero-order valence-electron chi connectivity index (χ0n) is 9.65. The molecule has 0 radical (unpaired) electrons. The van der Waals surface area contributed by atoms with Crippen molar-refractivity contribution in [1.29, 1.82) is 5.26 Å². The monoisotopic (exact) mass is 207 g/mol. The van der Waals surface area contributed by atoms with Gasteiger partial charge in [-0.15, -0.1) is 0 Å². The quantitative estimate of drug-likeness (QED) is 0.799. The van der Waals surface area contributed by atoms with Crippen LogP contribution in [0.5, 0.6) is 0 Å². The first-order valence-corrected chi connectivity index (χ1v) is 4.87. The average Bonchev–Trinajstić information content (AvgIpc) is 2.41. The van der Waals surface area contributed by atoms with Gasteiger partial charge in [0.2, 0.25) is 0 Å². The minimum atomic E-state index is -0.0235. The van der Waals surface area contributed by atoms with Gasteiger partial charge in [-0.25, -0.2) is 0 Å². The van der Waals surface area contributed by atoms with Crippen molar-refractivity contribution in [3.8, 4) is 6.07 Å². The number of nitrogens with two attached hydrogens (primary N) is 1. The van der Waals surface area contributed by atoms with E-state index in [1.807, 2.05) is 32.8 Å². The smallest absolute Gasteiger partial charge is 0.150 e. The molecule has 15 heavy (non-hydrogen) atoms. The van der Waals surface area contributed by atoms with Crippen LogP contribution in [0, 0.1) is 24.2 Å². The van der Waals surface area contributed by atoms with E-state index in [0.29, 0.717) is 12.2 Å². The molecule has 0 bridgehead atoms. The Morgan fingerprint density at radius 1 is 1.67 bits per heavy atom. The molecular weight excluding hydrogens is 190 g/mol. The van der Waals surface area contributed by atoms with Gasteiger partial charge < -0.3 is 10.6 Å². The Morgan fingerprint density at radius 3 is 2.67 bits per heavy atom. The van der Waals surface area contributed by atoms with Crippen LogP contribution in [0.3, 0.4) is 0 Å². The lowest BCUT2D eigenvalue weighted by atomic mass is 10.2. The van der Waals surface area contributed by atoms with E-state index in [1.165, 1.54) is 0 Å². The Bertz CT molecular complexity index is 387. The number of aryl methyl sites for hydroxylation is 2. The van der Waals surface area contributed by atoms with E-state index in [-0.39, 0.29) is 5.92 Å². The molecule has 1 heterocycles. The normalized spacial score (nSPS) is 12.2. The molecule has 1 unspecified atom stereocenters. The van der Waals surface area contributed by atoms with Crippen LogP contribution >= 0.6 is 0 Å². The molecule has 0 aliphatic carbocycles. The van der Waals surface area contributed by atoms with E-state index < -0.39 is 0 Å². The van der Waals surface area contributed by atoms with E-state index in [9.17, 15) is 0 Å². The molecule has 5 heteroatoms. The van der Waals surface area contributed by atoms with Crippen molar-refractivity contribution in [3.05, 3.63) is 5.69 Å². The van der Waals surface area contributed by atoms with Crippen molar-refractivity contribution in [1.82, 2.24) is 9.78 Å². The molecule has 5 nitrogen and oxygen atoms in total. The molecule has 0 fully saturated rings. The number of nitrogens with zero attached hydrogens (tertiary/aromatic N) is 4. The Balaban J connectivity index is 2.92. The lowest BCUT2D eigenvalue weighted by Crippen LogP contribution is -2.26. The molecule has 0 saturated carbocycles. The summed E-state index contributed by atoms with van der Waals surface area (Å²) in [5.41, 5.74) is 7.42. The number of nitrogen functional groups attached to an aromatic ring is 1. The van der Waals surface area contributed by atoms with Crippen LogP contribution in [0.4, 0.5) is 11.5 Å². The molecule has 0 spiro atoms. The van der Waals surface area contributed by atoms with E-state index >= 15 is 0 Å². The number of hydrogen-bond acceptors (Lipinski definition) is 4. The summed E-state index contributed by atoms with van der Waals surface area (Å²) in [4.78, 5) is 1.96. The van der Waals surface area contributed by atoms with Gasteiger partial charge in [0.25, 0.3) is 0 Å². The highest BCUT2D eigenvalue weighted by atomic mass is 15.4. The average molecular weight is 207 g/mol. The van der Waals surface area contributed by atoms with Gasteiger partial charge in [-0.05, 0) is 13.8 Å². The highest BCUT2D eigenvalue weighted by Gasteiger charge is 2.15. The Kier molecular flexibility index (Phi) is 3.20. The third kappa shape index (κ3) is 2.21. The summed E-state index contributed by atoms with van der Waals surface area (Å²) in [6, 6.07) is 2.20. The predicted molar refractivity (Wildman–Crippen MR) is 60.4 cm³/mol. The number of hydrogen-bond donors (Lipinski definition) is 1. The highest BCUT2D eigenvalue weighted by Crippen LogP contribution is 2.24. The van der Waals surface area contributed by atoms with Gasteiger partial charge in [0.15, 0.2) is 0 Å². The molecule has 1 aromatic heterocycles. The number of rotatable bonds is 3. The second-order valence-corrected chi connectivity index (χ2v) is 3.86. The summed E-state index contributed by atoms with van der Waals surface area (Å²) < 4.78 is 1.74. The Hall–Kier alpha value is -1.70. The first-order chi connectivity index (χ1) is 6.97. The van der Waals surface area contributed by atoms with Crippen molar-refractivity contribution < 1.29 is 0 Å². The van der Waals surface area contributed by atoms with Gasteiger partial charge >= 0.3 is 0 Å². The van der Waals surface area contributed by atoms with Crippen molar-refractivity contribution >= 4 is 11.5 Å². The van der Waals surface area contributed by atoms with Crippen molar-refractivity contribution in [3.63, 3.8) is 0 Å². The summed E-state index contributed by atoms with van der Waals surface area (Å²) >= 11 is 0. The molecule has 0 aliphatic rings. The summed E-state index contributed by atoms with van der Waals surface area (Å²) in [7, 11) is 3.77. The summed E-state index contributed by atoms with van der Waals surface area (Å²) in [5, 5.41) is 13.0. The van der Waals surface area contributed by atoms with Crippen molar-refractivity contribution in [2.24, 2.45) is 13.0 Å².